The van der Waals surface area contributed by atoms with Gasteiger partial charge in [0.1, 0.15) is 5.82 Å². The van der Waals surface area contributed by atoms with Crippen LogP contribution < -0.4 is 10.2 Å². The van der Waals surface area contributed by atoms with Gasteiger partial charge in [-0.2, -0.15) is 5.10 Å². The Kier molecular flexibility index (Phi) is 9.08. The van der Waals surface area contributed by atoms with Crippen molar-refractivity contribution in [2.75, 3.05) is 49.1 Å². The van der Waals surface area contributed by atoms with E-state index >= 15 is 0 Å². The number of aliphatic hydroxyl groups is 1. The summed E-state index contributed by atoms with van der Waals surface area (Å²) in [5.41, 5.74) is 4.31. The summed E-state index contributed by atoms with van der Waals surface area (Å²) < 4.78 is 43.6. The summed E-state index contributed by atoms with van der Waals surface area (Å²) in [5, 5.41) is 17.4. The molecule has 2 N–H and O–H groups in total. The molecular weight excluding hydrogens is 695 g/mol. The van der Waals surface area contributed by atoms with E-state index in [1.54, 1.807) is 24.0 Å². The number of nitrogens with zero attached hydrogens (tertiary/aromatic N) is 7. The van der Waals surface area contributed by atoms with E-state index in [0.717, 1.165) is 47.6 Å². The molecule has 3 fully saturated rings. The second-order valence-electron chi connectivity index (χ2n) is 14.9. The van der Waals surface area contributed by atoms with Gasteiger partial charge in [-0.15, -0.1) is 0 Å². The number of nitrogens with one attached hydrogen (secondary N) is 1. The minimum absolute atomic E-state index is 0.0180. The molecule has 5 aliphatic rings. The number of carbonyl (C=O) groups is 3. The minimum atomic E-state index is -2.79. The largest absolute Gasteiger partial charge is 0.391 e. The summed E-state index contributed by atoms with van der Waals surface area (Å²) in [5.74, 6) is 1.64. The van der Waals surface area contributed by atoms with Crippen LogP contribution in [0.25, 0.3) is 11.1 Å². The lowest BCUT2D eigenvalue weighted by Gasteiger charge is -2.53. The third-order valence-electron chi connectivity index (χ3n) is 11.3. The number of fused-ring (bicyclic) bond motifs is 2. The molecule has 1 saturated carbocycles. The number of β-amino-alcohol motifs (C(OH)–C–C–N with tert-alkyl or cyclic N) is 1. The minimum Gasteiger partial charge on any atom is -0.391 e. The highest BCUT2D eigenvalue weighted by molar-refractivity contribution is 7.86. The molecule has 13 nitrogen and oxygen atoms in total. The number of amides is 3. The van der Waals surface area contributed by atoms with Crippen molar-refractivity contribution in [1.29, 1.82) is 0 Å². The van der Waals surface area contributed by atoms with E-state index in [4.69, 9.17) is 5.10 Å². The number of carbonyl (C=O) groups excluding carboxylic acids is 3. The molecule has 4 aliphatic heterocycles. The zero-order chi connectivity index (χ0) is 36.3. The molecule has 1 aromatic carbocycles. The maximum absolute atomic E-state index is 14.8. The number of anilines is 2. The van der Waals surface area contributed by atoms with E-state index < -0.39 is 29.2 Å². The van der Waals surface area contributed by atoms with E-state index in [0.29, 0.717) is 68.1 Å². The molecule has 1 unspecified atom stereocenters. The van der Waals surface area contributed by atoms with Crippen LogP contribution in [0.4, 0.5) is 20.3 Å². The van der Waals surface area contributed by atoms with Gasteiger partial charge in [0, 0.05) is 102 Å². The number of hydrogen-bond donors (Lipinski definition) is 2. The quantitative estimate of drug-likeness (QED) is 0.356. The van der Waals surface area contributed by atoms with Crippen LogP contribution >= 0.6 is 0 Å². The summed E-state index contributed by atoms with van der Waals surface area (Å²) in [4.78, 5) is 51.2. The van der Waals surface area contributed by atoms with E-state index in [2.05, 4.69) is 20.0 Å². The van der Waals surface area contributed by atoms with Crippen molar-refractivity contribution in [2.24, 2.45) is 5.41 Å². The summed E-state index contributed by atoms with van der Waals surface area (Å²) >= 11 is 0. The first-order chi connectivity index (χ1) is 25.0. The van der Waals surface area contributed by atoms with Crippen molar-refractivity contribution in [2.45, 2.75) is 77.0 Å². The SMILES string of the molecule is CC(=O)N1CCc2c(c(N3CCCc4cc(-c5cnc(CC(=O)NCC(=O)N6CCC(O)C6)nc5)c(C(F)F)cc43)nn2C2CC3(C2)CS(=O)C3)C1. The highest BCUT2D eigenvalue weighted by Gasteiger charge is 2.54. The normalized spacial score (nSPS) is 25.1. The number of rotatable bonds is 8. The second-order valence-corrected chi connectivity index (χ2v) is 16.4. The number of likely N-dealkylation sites (tertiary alicyclic amines) is 1. The fraction of sp³-hybridized carbons (Fsp3) is 0.556. The van der Waals surface area contributed by atoms with Gasteiger partial charge in [-0.25, -0.2) is 18.7 Å². The van der Waals surface area contributed by atoms with E-state index in [9.17, 15) is 32.5 Å². The fourth-order valence-electron chi connectivity index (χ4n) is 8.55. The van der Waals surface area contributed by atoms with Crippen LogP contribution in [0.3, 0.4) is 0 Å². The molecule has 0 radical (unpaired) electrons. The Morgan fingerprint density at radius 1 is 1.08 bits per heavy atom. The van der Waals surface area contributed by atoms with Crippen molar-refractivity contribution >= 4 is 40.0 Å². The lowest BCUT2D eigenvalue weighted by atomic mass is 9.67. The van der Waals surface area contributed by atoms with Crippen molar-refractivity contribution in [3.8, 4) is 11.1 Å². The van der Waals surface area contributed by atoms with Gasteiger partial charge in [0.15, 0.2) is 5.82 Å². The van der Waals surface area contributed by atoms with Crippen molar-refractivity contribution in [1.82, 2.24) is 34.9 Å². The topological polar surface area (TPSA) is 154 Å². The Morgan fingerprint density at radius 3 is 2.52 bits per heavy atom. The van der Waals surface area contributed by atoms with Crippen LogP contribution in [0.15, 0.2) is 24.5 Å². The van der Waals surface area contributed by atoms with Crippen molar-refractivity contribution in [3.63, 3.8) is 0 Å². The number of aromatic nitrogens is 4. The average Bonchev–Trinajstić information content (AvgIpc) is 3.71. The number of alkyl halides is 2. The van der Waals surface area contributed by atoms with Gasteiger partial charge >= 0.3 is 0 Å². The smallest absolute Gasteiger partial charge is 0.264 e. The van der Waals surface area contributed by atoms with E-state index in [1.165, 1.54) is 17.3 Å². The van der Waals surface area contributed by atoms with Gasteiger partial charge in [0.25, 0.3) is 6.43 Å². The van der Waals surface area contributed by atoms with Crippen LogP contribution in [0, 0.1) is 5.41 Å². The predicted molar refractivity (Wildman–Crippen MR) is 187 cm³/mol. The summed E-state index contributed by atoms with van der Waals surface area (Å²) in [6, 6.07) is 3.52. The number of aryl methyl sites for hydroxylation is 1. The Hall–Kier alpha value is -4.31. The number of halogens is 2. The van der Waals surface area contributed by atoms with Crippen LogP contribution in [0.2, 0.25) is 0 Å². The summed E-state index contributed by atoms with van der Waals surface area (Å²) in [6.07, 6.45) is 3.85. The summed E-state index contributed by atoms with van der Waals surface area (Å²) in [7, 11) is -0.731. The molecule has 52 heavy (non-hydrogen) atoms. The number of aliphatic hydroxyl groups excluding tert-OH is 1. The van der Waals surface area contributed by atoms with Gasteiger partial charge in [-0.05, 0) is 60.8 Å². The van der Waals surface area contributed by atoms with Gasteiger partial charge in [0.2, 0.25) is 17.7 Å². The zero-order valence-electron chi connectivity index (χ0n) is 29.0. The molecule has 2 saturated heterocycles. The highest BCUT2D eigenvalue weighted by Crippen LogP contribution is 2.55. The fourth-order valence-corrected chi connectivity index (χ4v) is 10.3. The molecule has 6 heterocycles. The first-order valence-corrected chi connectivity index (χ1v) is 19.4. The molecule has 8 rings (SSSR count). The molecule has 0 bridgehead atoms. The second kappa shape index (κ2) is 13.6. The lowest BCUT2D eigenvalue weighted by molar-refractivity contribution is -0.132. The third-order valence-corrected chi connectivity index (χ3v) is 13.1. The van der Waals surface area contributed by atoms with Gasteiger partial charge in [-0.3, -0.25) is 23.3 Å². The van der Waals surface area contributed by atoms with E-state index in [-0.39, 0.29) is 54.2 Å². The van der Waals surface area contributed by atoms with Crippen LogP contribution in [-0.2, 0) is 51.0 Å². The summed E-state index contributed by atoms with van der Waals surface area (Å²) in [6.45, 7) is 3.66. The number of benzene rings is 1. The Balaban J connectivity index is 1.03. The molecule has 2 aromatic heterocycles. The van der Waals surface area contributed by atoms with Crippen LogP contribution in [0.1, 0.15) is 73.3 Å². The zero-order valence-corrected chi connectivity index (χ0v) is 29.8. The lowest BCUT2D eigenvalue weighted by Crippen LogP contribution is -2.54. The Morgan fingerprint density at radius 2 is 1.85 bits per heavy atom. The van der Waals surface area contributed by atoms with Gasteiger partial charge < -0.3 is 25.1 Å². The van der Waals surface area contributed by atoms with Crippen LogP contribution in [-0.4, -0.2) is 107 Å². The maximum atomic E-state index is 14.8. The molecule has 1 atom stereocenters. The number of hydrogen-bond acceptors (Lipinski definition) is 9. The Labute approximate surface area is 302 Å². The average molecular weight is 737 g/mol. The maximum Gasteiger partial charge on any atom is 0.264 e. The Bertz CT molecular complexity index is 1940. The molecule has 3 amide bonds. The molecule has 1 aliphatic carbocycles. The first-order valence-electron chi connectivity index (χ1n) is 17.9. The molecule has 3 aromatic rings. The standard InChI is InChI=1S/C36H42F2N8O5S/c1-21(47)43-8-5-29-28(18-43)35(42-46(29)24-12-36(13-24)19-52(51)20-36)45-6-2-3-22-9-26(27(34(37)38)10-30(22)45)23-14-39-31(40-15-23)11-32(49)41-16-33(50)44-7-4-25(48)17-44/h9-10,14-15,24-25,34,48H,2-8,11-13,16-20H2,1H3,(H,41,49). The molecule has 276 valence electrons. The predicted octanol–water partition coefficient (Wildman–Crippen LogP) is 2.60. The van der Waals surface area contributed by atoms with Gasteiger partial charge in [-0.1, -0.05) is 0 Å². The highest BCUT2D eigenvalue weighted by atomic mass is 32.2. The van der Waals surface area contributed by atoms with Crippen molar-refractivity contribution in [3.05, 3.63) is 52.7 Å². The first kappa shape index (κ1) is 34.8. The molecule has 1 spiro atoms. The van der Waals surface area contributed by atoms with E-state index in [1.807, 2.05) is 4.90 Å². The van der Waals surface area contributed by atoms with Gasteiger partial charge in [0.05, 0.1) is 31.7 Å². The third kappa shape index (κ3) is 6.48. The monoisotopic (exact) mass is 736 g/mol. The van der Waals surface area contributed by atoms with Crippen LogP contribution in [0.5, 0.6) is 0 Å². The molecule has 16 heteroatoms. The molecular formula is C36H42F2N8O5S. The van der Waals surface area contributed by atoms with Crippen molar-refractivity contribution < 1.29 is 32.5 Å².